The van der Waals surface area contributed by atoms with Gasteiger partial charge in [0.1, 0.15) is 0 Å². The van der Waals surface area contributed by atoms with E-state index in [0.717, 1.165) is 5.56 Å². The maximum absolute atomic E-state index is 11.3. The van der Waals surface area contributed by atoms with Gasteiger partial charge in [-0.15, -0.1) is 0 Å². The summed E-state index contributed by atoms with van der Waals surface area (Å²) < 4.78 is 14.8. The van der Waals surface area contributed by atoms with Crippen LogP contribution >= 0.6 is 0 Å². The number of ether oxygens (including phenoxy) is 1. The van der Waals surface area contributed by atoms with Crippen LogP contribution in [0.25, 0.3) is 11.7 Å². The Morgan fingerprint density at radius 2 is 2.38 bits per heavy atom. The third-order valence-electron chi connectivity index (χ3n) is 1.83. The highest BCUT2D eigenvalue weighted by atomic mass is 16.5. The van der Waals surface area contributed by atoms with E-state index in [0.29, 0.717) is 5.76 Å². The first-order chi connectivity index (χ1) is 7.70. The molecule has 16 heavy (non-hydrogen) atoms. The van der Waals surface area contributed by atoms with Crippen molar-refractivity contribution in [2.75, 3.05) is 6.61 Å². The Morgan fingerprint density at radius 1 is 1.56 bits per heavy atom. The zero-order valence-corrected chi connectivity index (χ0v) is 8.89. The molecule has 0 radical (unpaired) electrons. The summed E-state index contributed by atoms with van der Waals surface area (Å²) in [6.07, 6.45) is 1.56. The molecule has 6 heteroatoms. The van der Waals surface area contributed by atoms with Crippen molar-refractivity contribution in [2.45, 2.75) is 13.8 Å². The predicted molar refractivity (Wildman–Crippen MR) is 52.7 cm³/mol. The van der Waals surface area contributed by atoms with Gasteiger partial charge in [0.05, 0.1) is 12.9 Å². The van der Waals surface area contributed by atoms with Crippen molar-refractivity contribution in [2.24, 2.45) is 0 Å². The van der Waals surface area contributed by atoms with Crippen molar-refractivity contribution in [3.05, 3.63) is 23.7 Å². The lowest BCUT2D eigenvalue weighted by Crippen LogP contribution is -2.06. The monoisotopic (exact) mass is 222 g/mol. The van der Waals surface area contributed by atoms with Gasteiger partial charge in [-0.05, 0) is 30.6 Å². The fraction of sp³-hybridized carbons (Fsp3) is 0.300. The van der Waals surface area contributed by atoms with Crippen LogP contribution in [0.4, 0.5) is 0 Å². The van der Waals surface area contributed by atoms with Gasteiger partial charge in [0.25, 0.3) is 11.7 Å². The summed E-state index contributed by atoms with van der Waals surface area (Å²) in [4.78, 5) is 15.1. The van der Waals surface area contributed by atoms with E-state index in [1.807, 2.05) is 6.92 Å². The van der Waals surface area contributed by atoms with E-state index in [2.05, 4.69) is 10.1 Å². The summed E-state index contributed by atoms with van der Waals surface area (Å²) >= 11 is 0. The Morgan fingerprint density at radius 3 is 3.00 bits per heavy atom. The van der Waals surface area contributed by atoms with Crippen LogP contribution in [-0.2, 0) is 4.74 Å². The van der Waals surface area contributed by atoms with Crippen LogP contribution in [0.1, 0.15) is 23.1 Å². The highest BCUT2D eigenvalue weighted by molar-refractivity contribution is 5.85. The van der Waals surface area contributed by atoms with E-state index < -0.39 is 5.97 Å². The molecule has 0 aliphatic carbocycles. The van der Waals surface area contributed by atoms with Crippen LogP contribution in [0.5, 0.6) is 0 Å². The molecule has 0 amide bonds. The van der Waals surface area contributed by atoms with Gasteiger partial charge in [-0.1, -0.05) is 0 Å². The molecule has 2 aromatic rings. The molecule has 0 aromatic carbocycles. The standard InChI is InChI=1S/C10H10N2O4/c1-3-14-10(13)8-11-9(16-12-8)7-4-6(2)5-15-7/h4-5H,3H2,1-2H3. The summed E-state index contributed by atoms with van der Waals surface area (Å²) in [5.41, 5.74) is 0.936. The maximum atomic E-state index is 11.3. The largest absolute Gasteiger partial charge is 0.460 e. The van der Waals surface area contributed by atoms with E-state index in [1.165, 1.54) is 0 Å². The lowest BCUT2D eigenvalue weighted by molar-refractivity contribution is 0.0508. The quantitative estimate of drug-likeness (QED) is 0.737. The van der Waals surface area contributed by atoms with Gasteiger partial charge in [0.15, 0.2) is 5.76 Å². The SMILES string of the molecule is CCOC(=O)c1noc(-c2cc(C)co2)n1. The van der Waals surface area contributed by atoms with Crippen LogP contribution < -0.4 is 0 Å². The molecule has 2 heterocycles. The summed E-state index contributed by atoms with van der Waals surface area (Å²) in [6.45, 7) is 3.84. The van der Waals surface area contributed by atoms with E-state index in [-0.39, 0.29) is 18.3 Å². The molecule has 0 bridgehead atoms. The zero-order chi connectivity index (χ0) is 11.5. The molecule has 0 aliphatic heterocycles. The number of aromatic nitrogens is 2. The number of hydrogen-bond donors (Lipinski definition) is 0. The number of carbonyl (C=O) groups is 1. The van der Waals surface area contributed by atoms with Gasteiger partial charge in [0.2, 0.25) is 0 Å². The molecule has 0 aliphatic rings. The second-order valence-electron chi connectivity index (χ2n) is 3.13. The van der Waals surface area contributed by atoms with Crippen molar-refractivity contribution >= 4 is 5.97 Å². The highest BCUT2D eigenvalue weighted by Crippen LogP contribution is 2.19. The molecule has 2 rings (SSSR count). The number of esters is 1. The molecule has 0 fully saturated rings. The summed E-state index contributed by atoms with van der Waals surface area (Å²) in [6, 6.07) is 1.74. The van der Waals surface area contributed by atoms with Crippen molar-refractivity contribution in [3.8, 4) is 11.7 Å². The Kier molecular flexibility index (Phi) is 2.72. The van der Waals surface area contributed by atoms with E-state index in [4.69, 9.17) is 13.7 Å². The molecule has 0 unspecified atom stereocenters. The Hall–Kier alpha value is -2.11. The van der Waals surface area contributed by atoms with Gasteiger partial charge in [-0.25, -0.2) is 4.79 Å². The first-order valence-electron chi connectivity index (χ1n) is 4.77. The molecule has 0 saturated heterocycles. The highest BCUT2D eigenvalue weighted by Gasteiger charge is 2.18. The summed E-state index contributed by atoms with van der Waals surface area (Å²) in [5.74, 6) is -0.122. The third kappa shape index (κ3) is 1.95. The second-order valence-corrected chi connectivity index (χ2v) is 3.13. The fourth-order valence-corrected chi connectivity index (χ4v) is 1.15. The molecule has 0 atom stereocenters. The first kappa shape index (κ1) is 10.4. The molecule has 84 valence electrons. The van der Waals surface area contributed by atoms with Crippen LogP contribution in [0.15, 0.2) is 21.3 Å². The molecule has 0 spiro atoms. The molecular weight excluding hydrogens is 212 g/mol. The van der Waals surface area contributed by atoms with Crippen molar-refractivity contribution in [3.63, 3.8) is 0 Å². The minimum Gasteiger partial charge on any atom is -0.460 e. The average Bonchev–Trinajstić information content (AvgIpc) is 2.85. The van der Waals surface area contributed by atoms with Gasteiger partial charge in [0, 0.05) is 0 Å². The number of rotatable bonds is 3. The Labute approximate surface area is 91.2 Å². The summed E-state index contributed by atoms with van der Waals surface area (Å²) in [5, 5.41) is 3.50. The number of nitrogens with zero attached hydrogens (tertiary/aromatic N) is 2. The van der Waals surface area contributed by atoms with Gasteiger partial charge in [-0.2, -0.15) is 4.98 Å². The Balaban J connectivity index is 2.22. The van der Waals surface area contributed by atoms with Crippen molar-refractivity contribution in [1.82, 2.24) is 10.1 Å². The van der Waals surface area contributed by atoms with Gasteiger partial charge < -0.3 is 13.7 Å². The summed E-state index contributed by atoms with van der Waals surface area (Å²) in [7, 11) is 0. The van der Waals surface area contributed by atoms with E-state index in [1.54, 1.807) is 19.3 Å². The number of furan rings is 1. The van der Waals surface area contributed by atoms with Gasteiger partial charge >= 0.3 is 5.97 Å². The topological polar surface area (TPSA) is 78.4 Å². The molecule has 2 aromatic heterocycles. The minimum absolute atomic E-state index is 0.106. The second kappa shape index (κ2) is 4.18. The normalized spacial score (nSPS) is 10.4. The van der Waals surface area contributed by atoms with Crippen LogP contribution in [0.3, 0.4) is 0 Å². The maximum Gasteiger partial charge on any atom is 0.379 e. The average molecular weight is 222 g/mol. The molecule has 6 nitrogen and oxygen atoms in total. The lowest BCUT2D eigenvalue weighted by atomic mass is 10.3. The number of aryl methyl sites for hydroxylation is 1. The van der Waals surface area contributed by atoms with Crippen LogP contribution in [0, 0.1) is 6.92 Å². The van der Waals surface area contributed by atoms with E-state index >= 15 is 0 Å². The smallest absolute Gasteiger partial charge is 0.379 e. The predicted octanol–water partition coefficient (Wildman–Crippen LogP) is 1.81. The van der Waals surface area contributed by atoms with Crippen LogP contribution in [0.2, 0.25) is 0 Å². The van der Waals surface area contributed by atoms with E-state index in [9.17, 15) is 4.79 Å². The van der Waals surface area contributed by atoms with Gasteiger partial charge in [-0.3, -0.25) is 0 Å². The fourth-order valence-electron chi connectivity index (χ4n) is 1.15. The molecule has 0 N–H and O–H groups in total. The third-order valence-corrected chi connectivity index (χ3v) is 1.83. The first-order valence-corrected chi connectivity index (χ1v) is 4.77. The number of carbonyl (C=O) groups excluding carboxylic acids is 1. The Bertz CT molecular complexity index is 500. The van der Waals surface area contributed by atoms with Crippen LogP contribution in [-0.4, -0.2) is 22.7 Å². The van der Waals surface area contributed by atoms with Crippen molar-refractivity contribution in [1.29, 1.82) is 0 Å². The zero-order valence-electron chi connectivity index (χ0n) is 8.89. The molecule has 0 saturated carbocycles. The molecular formula is C10H10N2O4. The minimum atomic E-state index is -0.610. The number of hydrogen-bond acceptors (Lipinski definition) is 6. The lowest BCUT2D eigenvalue weighted by Gasteiger charge is -1.93. The van der Waals surface area contributed by atoms with Crippen molar-refractivity contribution < 1.29 is 18.5 Å².